The minimum absolute atomic E-state index is 0.0829. The molecule has 0 bridgehead atoms. The van der Waals surface area contributed by atoms with E-state index in [9.17, 15) is 4.79 Å². The summed E-state index contributed by atoms with van der Waals surface area (Å²) in [6.45, 7) is 4.44. The van der Waals surface area contributed by atoms with Crippen molar-refractivity contribution in [1.82, 2.24) is 14.8 Å². The van der Waals surface area contributed by atoms with Crippen molar-refractivity contribution in [3.8, 4) is 0 Å². The molecule has 0 saturated carbocycles. The van der Waals surface area contributed by atoms with Crippen molar-refractivity contribution in [3.63, 3.8) is 0 Å². The van der Waals surface area contributed by atoms with E-state index in [1.54, 1.807) is 6.20 Å². The third kappa shape index (κ3) is 4.37. The highest BCUT2D eigenvalue weighted by Gasteiger charge is 2.24. The zero-order valence-electron chi connectivity index (χ0n) is 15.1. The Balaban J connectivity index is 1.54. The molecule has 1 aromatic carbocycles. The molecule has 2 aromatic rings. The maximum Gasteiger partial charge on any atom is 0.257 e. The van der Waals surface area contributed by atoms with Crippen LogP contribution in [-0.4, -0.2) is 67.5 Å². The number of hydrogen-bond acceptors (Lipinski definition) is 4. The second-order valence-corrected chi connectivity index (χ2v) is 6.64. The van der Waals surface area contributed by atoms with Crippen molar-refractivity contribution in [3.05, 3.63) is 59.8 Å². The smallest absolute Gasteiger partial charge is 0.257 e. The van der Waals surface area contributed by atoms with E-state index >= 15 is 0 Å². The molecule has 1 saturated heterocycles. The number of pyridine rings is 1. The third-order valence-corrected chi connectivity index (χ3v) is 4.66. The highest BCUT2D eigenvalue weighted by atomic mass is 16.2. The molecule has 0 spiro atoms. The maximum atomic E-state index is 12.9. The normalized spacial score (nSPS) is 15.2. The maximum absolute atomic E-state index is 12.9. The Kier molecular flexibility index (Phi) is 5.66. The molecule has 0 aliphatic carbocycles. The molecular weight excluding hydrogens is 312 g/mol. The van der Waals surface area contributed by atoms with Gasteiger partial charge >= 0.3 is 0 Å². The summed E-state index contributed by atoms with van der Waals surface area (Å²) in [4.78, 5) is 23.5. The van der Waals surface area contributed by atoms with Crippen LogP contribution in [0.1, 0.15) is 15.9 Å². The fraction of sp³-hybridized carbons (Fsp3) is 0.400. The quantitative estimate of drug-likeness (QED) is 0.837. The van der Waals surface area contributed by atoms with Crippen molar-refractivity contribution in [2.75, 3.05) is 51.7 Å². The molecule has 3 rings (SSSR count). The molecule has 1 fully saturated rings. The van der Waals surface area contributed by atoms with E-state index in [4.69, 9.17) is 0 Å². The Bertz CT molecular complexity index is 694. The molecule has 132 valence electrons. The first-order chi connectivity index (χ1) is 12.1. The zero-order chi connectivity index (χ0) is 17.6. The van der Waals surface area contributed by atoms with Gasteiger partial charge in [-0.1, -0.05) is 30.3 Å². The number of anilines is 1. The van der Waals surface area contributed by atoms with Crippen LogP contribution in [0.4, 0.5) is 5.82 Å². The van der Waals surface area contributed by atoms with Crippen LogP contribution in [0.3, 0.4) is 0 Å². The summed E-state index contributed by atoms with van der Waals surface area (Å²) in [5.74, 6) is 0.818. The second-order valence-electron chi connectivity index (χ2n) is 6.64. The van der Waals surface area contributed by atoms with Crippen molar-refractivity contribution in [2.45, 2.75) is 6.42 Å². The minimum atomic E-state index is 0.0829. The summed E-state index contributed by atoms with van der Waals surface area (Å²) < 4.78 is 0. The van der Waals surface area contributed by atoms with Gasteiger partial charge < -0.3 is 9.80 Å². The molecule has 1 aliphatic rings. The number of piperazine rings is 1. The topological polar surface area (TPSA) is 39.7 Å². The van der Waals surface area contributed by atoms with Crippen LogP contribution in [0, 0.1) is 0 Å². The van der Waals surface area contributed by atoms with Gasteiger partial charge in [-0.2, -0.15) is 0 Å². The Labute approximate surface area is 149 Å². The lowest BCUT2D eigenvalue weighted by Gasteiger charge is -2.35. The van der Waals surface area contributed by atoms with Crippen LogP contribution in [0.25, 0.3) is 0 Å². The van der Waals surface area contributed by atoms with Gasteiger partial charge in [0.25, 0.3) is 5.91 Å². The molecule has 1 aromatic heterocycles. The van der Waals surface area contributed by atoms with E-state index in [2.05, 4.69) is 34.1 Å². The van der Waals surface area contributed by atoms with E-state index in [1.807, 2.05) is 42.1 Å². The number of rotatable bonds is 5. The summed E-state index contributed by atoms with van der Waals surface area (Å²) >= 11 is 0. The number of carbonyl (C=O) groups is 1. The summed E-state index contributed by atoms with van der Waals surface area (Å²) in [5.41, 5.74) is 2.05. The lowest BCUT2D eigenvalue weighted by atomic mass is 10.1. The SMILES string of the molecule is CN(C)c1ncccc1C(=O)N1CCN(CCc2ccccc2)CC1. The Morgan fingerprint density at radius 3 is 2.44 bits per heavy atom. The fourth-order valence-electron chi connectivity index (χ4n) is 3.20. The summed E-state index contributed by atoms with van der Waals surface area (Å²) in [7, 11) is 3.83. The number of benzene rings is 1. The number of carbonyl (C=O) groups excluding carboxylic acids is 1. The molecule has 0 unspecified atom stereocenters. The molecule has 0 N–H and O–H groups in total. The van der Waals surface area contributed by atoms with Crippen LogP contribution < -0.4 is 4.90 Å². The van der Waals surface area contributed by atoms with Gasteiger partial charge in [-0.25, -0.2) is 4.98 Å². The van der Waals surface area contributed by atoms with Crippen LogP contribution in [0.2, 0.25) is 0 Å². The Hall–Kier alpha value is -2.40. The predicted molar refractivity (Wildman–Crippen MR) is 101 cm³/mol. The van der Waals surface area contributed by atoms with Crippen LogP contribution >= 0.6 is 0 Å². The summed E-state index contributed by atoms with van der Waals surface area (Å²) in [5, 5.41) is 0. The van der Waals surface area contributed by atoms with Gasteiger partial charge in [0.05, 0.1) is 5.56 Å². The summed E-state index contributed by atoms with van der Waals surface area (Å²) in [6, 6.07) is 14.3. The zero-order valence-corrected chi connectivity index (χ0v) is 15.1. The Morgan fingerprint density at radius 1 is 1.04 bits per heavy atom. The fourth-order valence-corrected chi connectivity index (χ4v) is 3.20. The summed E-state index contributed by atoms with van der Waals surface area (Å²) in [6.07, 6.45) is 2.79. The number of aromatic nitrogens is 1. The van der Waals surface area contributed by atoms with Crippen LogP contribution in [-0.2, 0) is 6.42 Å². The first-order valence-electron chi connectivity index (χ1n) is 8.83. The van der Waals surface area contributed by atoms with Crippen molar-refractivity contribution >= 4 is 11.7 Å². The standard InChI is InChI=1S/C20H26N4O/c1-22(2)19-18(9-6-11-21-19)20(25)24-15-13-23(14-16-24)12-10-17-7-4-3-5-8-17/h3-9,11H,10,12-16H2,1-2H3. The molecule has 5 nitrogen and oxygen atoms in total. The van der Waals surface area contributed by atoms with E-state index < -0.39 is 0 Å². The van der Waals surface area contributed by atoms with Gasteiger partial charge in [0.1, 0.15) is 5.82 Å². The van der Waals surface area contributed by atoms with Gasteiger partial charge in [-0.05, 0) is 24.1 Å². The molecule has 25 heavy (non-hydrogen) atoms. The second kappa shape index (κ2) is 8.12. The van der Waals surface area contributed by atoms with Crippen molar-refractivity contribution < 1.29 is 4.79 Å². The largest absolute Gasteiger partial charge is 0.362 e. The average Bonchev–Trinajstić information content (AvgIpc) is 2.67. The highest BCUT2D eigenvalue weighted by molar-refractivity contribution is 5.98. The first kappa shape index (κ1) is 17.4. The van der Waals surface area contributed by atoms with Crippen molar-refractivity contribution in [1.29, 1.82) is 0 Å². The van der Waals surface area contributed by atoms with E-state index in [-0.39, 0.29) is 5.91 Å². The van der Waals surface area contributed by atoms with Crippen LogP contribution in [0.15, 0.2) is 48.7 Å². The third-order valence-electron chi connectivity index (χ3n) is 4.66. The number of nitrogens with zero attached hydrogens (tertiary/aromatic N) is 4. The van der Waals surface area contributed by atoms with E-state index in [0.29, 0.717) is 5.56 Å². The molecule has 0 radical (unpaired) electrons. The molecule has 1 aliphatic heterocycles. The van der Waals surface area contributed by atoms with Gasteiger partial charge in [0.15, 0.2) is 0 Å². The first-order valence-corrected chi connectivity index (χ1v) is 8.83. The van der Waals surface area contributed by atoms with Gasteiger partial charge in [0, 0.05) is 53.0 Å². The number of hydrogen-bond donors (Lipinski definition) is 0. The minimum Gasteiger partial charge on any atom is -0.362 e. The van der Waals surface area contributed by atoms with E-state index in [0.717, 1.165) is 45.0 Å². The van der Waals surface area contributed by atoms with Crippen LogP contribution in [0.5, 0.6) is 0 Å². The van der Waals surface area contributed by atoms with E-state index in [1.165, 1.54) is 5.56 Å². The lowest BCUT2D eigenvalue weighted by Crippen LogP contribution is -2.49. The molecule has 2 heterocycles. The molecule has 1 amide bonds. The van der Waals surface area contributed by atoms with Crippen molar-refractivity contribution in [2.24, 2.45) is 0 Å². The lowest BCUT2D eigenvalue weighted by molar-refractivity contribution is 0.0639. The highest BCUT2D eigenvalue weighted by Crippen LogP contribution is 2.18. The number of amides is 1. The van der Waals surface area contributed by atoms with Gasteiger partial charge in [-0.15, -0.1) is 0 Å². The van der Waals surface area contributed by atoms with Gasteiger partial charge in [-0.3, -0.25) is 9.69 Å². The molecule has 0 atom stereocenters. The average molecular weight is 338 g/mol. The Morgan fingerprint density at radius 2 is 1.76 bits per heavy atom. The predicted octanol–water partition coefficient (Wildman–Crippen LogP) is 2.15. The molecular formula is C20H26N4O. The monoisotopic (exact) mass is 338 g/mol. The van der Waals surface area contributed by atoms with Gasteiger partial charge in [0.2, 0.25) is 0 Å². The molecule has 5 heteroatoms.